The summed E-state index contributed by atoms with van der Waals surface area (Å²) in [6.45, 7) is 5.91. The first-order chi connectivity index (χ1) is 17.8. The molecule has 1 atom stereocenters. The first-order valence-electron chi connectivity index (χ1n) is 12.8. The fourth-order valence-electron chi connectivity index (χ4n) is 4.33. The second kappa shape index (κ2) is 13.1. The van der Waals surface area contributed by atoms with Crippen molar-refractivity contribution in [2.24, 2.45) is 0 Å². The van der Waals surface area contributed by atoms with Gasteiger partial charge in [-0.25, -0.2) is 0 Å². The van der Waals surface area contributed by atoms with Crippen molar-refractivity contribution in [3.8, 4) is 17.2 Å². The number of carbonyl (C=O) groups excluding carboxylic acids is 2. The van der Waals surface area contributed by atoms with Crippen LogP contribution < -0.4 is 14.2 Å². The predicted molar refractivity (Wildman–Crippen MR) is 143 cm³/mol. The molecule has 0 radical (unpaired) electrons. The maximum atomic E-state index is 13.3. The zero-order valence-electron chi connectivity index (χ0n) is 22.5. The number of amides is 1. The van der Waals surface area contributed by atoms with Crippen LogP contribution in [0.3, 0.4) is 0 Å². The van der Waals surface area contributed by atoms with Crippen LogP contribution in [0.5, 0.6) is 17.2 Å². The molecule has 2 aromatic carbocycles. The molecule has 8 heteroatoms. The van der Waals surface area contributed by atoms with Gasteiger partial charge in [-0.2, -0.15) is 0 Å². The second-order valence-electron chi connectivity index (χ2n) is 9.22. The SMILES string of the molecule is CCCCCOc1ccc(C2/C(=C(\O)c3cccc(OCC)c3)C(=O)C(=O)N2CCN(C)C)cc1OC. The molecule has 200 valence electrons. The number of likely N-dealkylation sites (N-methyl/N-ethyl adjacent to an activating group) is 1. The fourth-order valence-corrected chi connectivity index (χ4v) is 4.33. The number of benzene rings is 2. The van der Waals surface area contributed by atoms with Gasteiger partial charge in [0.1, 0.15) is 11.5 Å². The minimum absolute atomic E-state index is 0.0380. The molecule has 1 amide bonds. The Morgan fingerprint density at radius 2 is 1.81 bits per heavy atom. The molecule has 1 unspecified atom stereocenters. The number of ketones is 1. The Balaban J connectivity index is 2.08. The summed E-state index contributed by atoms with van der Waals surface area (Å²) < 4.78 is 17.1. The Labute approximate surface area is 219 Å². The summed E-state index contributed by atoms with van der Waals surface area (Å²) in [6, 6.07) is 11.5. The molecule has 0 aliphatic carbocycles. The normalized spacial score (nSPS) is 16.9. The third-order valence-corrected chi connectivity index (χ3v) is 6.26. The van der Waals surface area contributed by atoms with E-state index in [1.54, 1.807) is 43.5 Å². The monoisotopic (exact) mass is 510 g/mol. The highest BCUT2D eigenvalue weighted by Crippen LogP contribution is 2.42. The Bertz CT molecular complexity index is 1130. The summed E-state index contributed by atoms with van der Waals surface area (Å²) in [5.41, 5.74) is 1.10. The zero-order valence-corrected chi connectivity index (χ0v) is 22.5. The Morgan fingerprint density at radius 1 is 1.03 bits per heavy atom. The maximum absolute atomic E-state index is 13.3. The van der Waals surface area contributed by atoms with Crippen LogP contribution in [-0.2, 0) is 9.59 Å². The number of unbranched alkanes of at least 4 members (excludes halogenated alkanes) is 2. The number of hydrogen-bond donors (Lipinski definition) is 1. The molecule has 1 N–H and O–H groups in total. The molecular weight excluding hydrogens is 472 g/mol. The lowest BCUT2D eigenvalue weighted by Gasteiger charge is -2.27. The lowest BCUT2D eigenvalue weighted by Crippen LogP contribution is -2.35. The van der Waals surface area contributed by atoms with E-state index in [4.69, 9.17) is 14.2 Å². The molecule has 1 aliphatic heterocycles. The van der Waals surface area contributed by atoms with Gasteiger partial charge >= 0.3 is 0 Å². The summed E-state index contributed by atoms with van der Waals surface area (Å²) in [5, 5.41) is 11.3. The Morgan fingerprint density at radius 3 is 2.49 bits per heavy atom. The third-order valence-electron chi connectivity index (χ3n) is 6.26. The Kier molecular flexibility index (Phi) is 9.97. The summed E-state index contributed by atoms with van der Waals surface area (Å²) in [4.78, 5) is 29.9. The average Bonchev–Trinajstić information content (AvgIpc) is 3.14. The van der Waals surface area contributed by atoms with E-state index in [1.165, 1.54) is 4.90 Å². The van der Waals surface area contributed by atoms with Crippen LogP contribution in [0.15, 0.2) is 48.0 Å². The number of rotatable bonds is 13. The minimum atomic E-state index is -0.779. The lowest BCUT2D eigenvalue weighted by molar-refractivity contribution is -0.140. The van der Waals surface area contributed by atoms with Crippen LogP contribution in [0.4, 0.5) is 0 Å². The van der Waals surface area contributed by atoms with Gasteiger partial charge in [-0.15, -0.1) is 0 Å². The smallest absolute Gasteiger partial charge is 0.295 e. The molecule has 0 aromatic heterocycles. The van der Waals surface area contributed by atoms with Gasteiger partial charge in [-0.3, -0.25) is 9.59 Å². The van der Waals surface area contributed by atoms with Crippen LogP contribution >= 0.6 is 0 Å². The molecule has 0 bridgehead atoms. The lowest BCUT2D eigenvalue weighted by atomic mass is 9.95. The first-order valence-corrected chi connectivity index (χ1v) is 12.8. The summed E-state index contributed by atoms with van der Waals surface area (Å²) in [6.07, 6.45) is 3.11. The van der Waals surface area contributed by atoms with Crippen molar-refractivity contribution in [3.63, 3.8) is 0 Å². The molecule has 3 rings (SSSR count). The first kappa shape index (κ1) is 28.1. The van der Waals surface area contributed by atoms with E-state index in [0.29, 0.717) is 54.7 Å². The van der Waals surface area contributed by atoms with Gasteiger partial charge in [0.05, 0.1) is 31.9 Å². The van der Waals surface area contributed by atoms with Crippen LogP contribution in [0.25, 0.3) is 5.76 Å². The number of likely N-dealkylation sites (tertiary alicyclic amines) is 1. The molecule has 1 aliphatic rings. The molecule has 1 heterocycles. The standard InChI is InChI=1S/C29H38N2O6/c1-6-8-9-17-37-23-14-13-20(19-24(23)35-5)26-25(28(33)29(34)31(26)16-15-30(3)4)27(32)21-11-10-12-22(18-21)36-7-2/h10-14,18-19,26,32H,6-9,15-17H2,1-5H3/b27-25+. The molecule has 0 spiro atoms. The van der Waals surface area contributed by atoms with E-state index >= 15 is 0 Å². The largest absolute Gasteiger partial charge is 0.507 e. The molecule has 8 nitrogen and oxygen atoms in total. The summed E-state index contributed by atoms with van der Waals surface area (Å²) >= 11 is 0. The predicted octanol–water partition coefficient (Wildman–Crippen LogP) is 4.65. The van der Waals surface area contributed by atoms with Crippen molar-refractivity contribution in [2.75, 3.05) is 47.5 Å². The van der Waals surface area contributed by atoms with E-state index in [1.807, 2.05) is 32.0 Å². The fraction of sp³-hybridized carbons (Fsp3) is 0.448. The van der Waals surface area contributed by atoms with Crippen molar-refractivity contribution < 1.29 is 28.9 Å². The maximum Gasteiger partial charge on any atom is 0.295 e. The number of Topliss-reactive ketones (excluding diaryl/α,β-unsaturated/α-hetero) is 1. The van der Waals surface area contributed by atoms with Crippen molar-refractivity contribution in [1.82, 2.24) is 9.80 Å². The van der Waals surface area contributed by atoms with Gasteiger partial charge < -0.3 is 29.1 Å². The number of ether oxygens (including phenoxy) is 3. The molecule has 37 heavy (non-hydrogen) atoms. The molecule has 2 aromatic rings. The minimum Gasteiger partial charge on any atom is -0.507 e. The van der Waals surface area contributed by atoms with Crippen LogP contribution in [-0.4, -0.2) is 74.1 Å². The topological polar surface area (TPSA) is 88.5 Å². The third kappa shape index (κ3) is 6.63. The van der Waals surface area contributed by atoms with Gasteiger partial charge in [0, 0.05) is 18.7 Å². The van der Waals surface area contributed by atoms with Gasteiger partial charge in [0.15, 0.2) is 11.5 Å². The van der Waals surface area contributed by atoms with E-state index in [-0.39, 0.29) is 11.3 Å². The molecule has 1 fully saturated rings. The van der Waals surface area contributed by atoms with E-state index < -0.39 is 17.7 Å². The zero-order chi connectivity index (χ0) is 26.9. The van der Waals surface area contributed by atoms with Crippen molar-refractivity contribution >= 4 is 17.4 Å². The van der Waals surface area contributed by atoms with E-state index in [0.717, 1.165) is 19.3 Å². The summed E-state index contributed by atoms with van der Waals surface area (Å²) in [7, 11) is 5.36. The number of aliphatic hydroxyl groups is 1. The molecule has 0 saturated carbocycles. The van der Waals surface area contributed by atoms with Crippen molar-refractivity contribution in [2.45, 2.75) is 39.2 Å². The average molecular weight is 511 g/mol. The van der Waals surface area contributed by atoms with E-state index in [2.05, 4.69) is 6.92 Å². The molecular formula is C29H38N2O6. The number of nitrogens with zero attached hydrogens (tertiary/aromatic N) is 2. The highest BCUT2D eigenvalue weighted by molar-refractivity contribution is 6.46. The highest BCUT2D eigenvalue weighted by atomic mass is 16.5. The van der Waals surface area contributed by atoms with Gasteiger partial charge in [-0.1, -0.05) is 38.0 Å². The van der Waals surface area contributed by atoms with Crippen molar-refractivity contribution in [1.29, 1.82) is 0 Å². The van der Waals surface area contributed by atoms with Gasteiger partial charge in [0.2, 0.25) is 0 Å². The summed E-state index contributed by atoms with van der Waals surface area (Å²) in [5.74, 6) is 0.0602. The van der Waals surface area contributed by atoms with Crippen LogP contribution in [0, 0.1) is 0 Å². The van der Waals surface area contributed by atoms with Crippen LogP contribution in [0.1, 0.15) is 50.3 Å². The molecule has 1 saturated heterocycles. The number of carbonyl (C=O) groups is 2. The van der Waals surface area contributed by atoms with Gasteiger partial charge in [0.25, 0.3) is 11.7 Å². The number of methoxy groups -OCH3 is 1. The number of hydrogen-bond acceptors (Lipinski definition) is 7. The van der Waals surface area contributed by atoms with Gasteiger partial charge in [-0.05, 0) is 57.3 Å². The van der Waals surface area contributed by atoms with Crippen molar-refractivity contribution in [3.05, 3.63) is 59.2 Å². The quantitative estimate of drug-likeness (QED) is 0.182. The van der Waals surface area contributed by atoms with E-state index in [9.17, 15) is 14.7 Å². The highest BCUT2D eigenvalue weighted by Gasteiger charge is 2.46. The second-order valence-corrected chi connectivity index (χ2v) is 9.22. The Hall–Kier alpha value is -3.52. The number of aliphatic hydroxyl groups excluding tert-OH is 1. The van der Waals surface area contributed by atoms with Crippen LogP contribution in [0.2, 0.25) is 0 Å².